The van der Waals surface area contributed by atoms with Gasteiger partial charge in [0.15, 0.2) is 12.0 Å². The molecule has 1 aromatic heterocycles. The van der Waals surface area contributed by atoms with Crippen molar-refractivity contribution in [2.75, 3.05) is 0 Å². The second kappa shape index (κ2) is 5.37. The molecule has 0 amide bonds. The van der Waals surface area contributed by atoms with E-state index in [4.69, 9.17) is 9.84 Å². The van der Waals surface area contributed by atoms with Gasteiger partial charge in [0.05, 0.1) is 17.9 Å². The van der Waals surface area contributed by atoms with Gasteiger partial charge >= 0.3 is 5.97 Å². The van der Waals surface area contributed by atoms with Crippen LogP contribution in [0.5, 0.6) is 5.75 Å². The van der Waals surface area contributed by atoms with Gasteiger partial charge in [-0.15, -0.1) is 0 Å². The first-order chi connectivity index (χ1) is 7.63. The van der Waals surface area contributed by atoms with Crippen LogP contribution in [0.2, 0.25) is 0 Å². The summed E-state index contributed by atoms with van der Waals surface area (Å²) in [7, 11) is 0. The van der Waals surface area contributed by atoms with Crippen LogP contribution in [0.3, 0.4) is 0 Å². The summed E-state index contributed by atoms with van der Waals surface area (Å²) in [5, 5.41) is 9.02. The summed E-state index contributed by atoms with van der Waals surface area (Å²) in [5.74, 6) is -0.309. The van der Waals surface area contributed by atoms with Crippen LogP contribution < -0.4 is 4.74 Å². The first kappa shape index (κ1) is 12.3. The molecule has 0 saturated heterocycles. The average Bonchev–Trinajstić information content (AvgIpc) is 2.31. The van der Waals surface area contributed by atoms with Gasteiger partial charge in [-0.3, -0.25) is 14.6 Å². The Morgan fingerprint density at radius 1 is 1.62 bits per heavy atom. The summed E-state index contributed by atoms with van der Waals surface area (Å²) >= 11 is 0. The van der Waals surface area contributed by atoms with Crippen LogP contribution in [0.25, 0.3) is 0 Å². The first-order valence-electron chi connectivity index (χ1n) is 4.89. The van der Waals surface area contributed by atoms with Crippen LogP contribution in [-0.4, -0.2) is 22.3 Å². The van der Waals surface area contributed by atoms with Crippen molar-refractivity contribution in [3.63, 3.8) is 0 Å². The van der Waals surface area contributed by atoms with E-state index in [2.05, 4.69) is 4.98 Å². The van der Waals surface area contributed by atoms with E-state index in [1.165, 1.54) is 6.20 Å². The topological polar surface area (TPSA) is 76.5 Å². The zero-order chi connectivity index (χ0) is 12.1. The molecule has 0 aliphatic rings. The summed E-state index contributed by atoms with van der Waals surface area (Å²) in [6, 6.07) is 0. The van der Waals surface area contributed by atoms with Crippen LogP contribution in [0.4, 0.5) is 0 Å². The van der Waals surface area contributed by atoms with E-state index in [0.29, 0.717) is 17.5 Å². The highest BCUT2D eigenvalue weighted by Crippen LogP contribution is 2.24. The van der Waals surface area contributed by atoms with Gasteiger partial charge in [0.25, 0.3) is 0 Å². The third-order valence-corrected chi connectivity index (χ3v) is 2.13. The van der Waals surface area contributed by atoms with Crippen molar-refractivity contribution >= 4 is 12.3 Å². The molecule has 0 spiro atoms. The molecule has 0 radical (unpaired) electrons. The van der Waals surface area contributed by atoms with Crippen molar-refractivity contribution in [3.05, 3.63) is 23.0 Å². The van der Waals surface area contributed by atoms with Gasteiger partial charge in [0.1, 0.15) is 0 Å². The Balaban J connectivity index is 3.23. The number of aldehydes is 1. The van der Waals surface area contributed by atoms with Gasteiger partial charge in [-0.05, 0) is 6.92 Å². The summed E-state index contributed by atoms with van der Waals surface area (Å²) in [4.78, 5) is 26.0. The number of nitrogens with zero attached hydrogens (tertiary/aromatic N) is 1. The number of aliphatic hydroxyl groups excluding tert-OH is 1. The van der Waals surface area contributed by atoms with Crippen LogP contribution in [0.1, 0.15) is 35.0 Å². The number of aromatic nitrogens is 1. The Labute approximate surface area is 93.1 Å². The Bertz CT molecular complexity index is 415. The zero-order valence-electron chi connectivity index (χ0n) is 9.19. The number of carbonyl (C=O) groups excluding carboxylic acids is 2. The molecule has 0 atom stereocenters. The fourth-order valence-corrected chi connectivity index (χ4v) is 1.21. The summed E-state index contributed by atoms with van der Waals surface area (Å²) in [6.45, 7) is 2.96. The minimum atomic E-state index is -0.442. The summed E-state index contributed by atoms with van der Waals surface area (Å²) in [5.41, 5.74) is 0.970. The maximum atomic E-state index is 11.2. The minimum absolute atomic E-state index is 0.133. The maximum Gasteiger partial charge on any atom is 0.310 e. The van der Waals surface area contributed by atoms with Gasteiger partial charge in [-0.1, -0.05) is 6.92 Å². The Morgan fingerprint density at radius 3 is 2.81 bits per heavy atom. The fourth-order valence-electron chi connectivity index (χ4n) is 1.21. The average molecular weight is 223 g/mol. The molecular weight excluding hydrogens is 210 g/mol. The molecule has 1 heterocycles. The van der Waals surface area contributed by atoms with E-state index in [9.17, 15) is 9.59 Å². The summed E-state index contributed by atoms with van der Waals surface area (Å²) in [6.07, 6.45) is 2.15. The molecule has 0 saturated carbocycles. The lowest BCUT2D eigenvalue weighted by Crippen LogP contribution is -2.11. The van der Waals surface area contributed by atoms with E-state index in [-0.39, 0.29) is 24.3 Å². The normalized spacial score (nSPS) is 9.94. The fraction of sp³-hybridized carbons (Fsp3) is 0.364. The van der Waals surface area contributed by atoms with Crippen LogP contribution in [0, 0.1) is 6.92 Å². The van der Waals surface area contributed by atoms with Gasteiger partial charge in [0, 0.05) is 18.2 Å². The second-order valence-corrected chi connectivity index (χ2v) is 3.22. The van der Waals surface area contributed by atoms with Crippen molar-refractivity contribution in [1.82, 2.24) is 4.98 Å². The number of esters is 1. The molecule has 0 fully saturated rings. The third kappa shape index (κ3) is 2.43. The van der Waals surface area contributed by atoms with Crippen LogP contribution in [0.15, 0.2) is 6.20 Å². The van der Waals surface area contributed by atoms with Crippen molar-refractivity contribution in [1.29, 1.82) is 0 Å². The predicted molar refractivity (Wildman–Crippen MR) is 56.2 cm³/mol. The monoisotopic (exact) mass is 223 g/mol. The molecular formula is C11H13NO4. The highest BCUT2D eigenvalue weighted by molar-refractivity contribution is 5.84. The number of hydrogen-bond donors (Lipinski definition) is 1. The van der Waals surface area contributed by atoms with E-state index >= 15 is 0 Å². The molecule has 5 nitrogen and oxygen atoms in total. The highest BCUT2D eigenvalue weighted by Gasteiger charge is 2.15. The Hall–Kier alpha value is -1.75. The smallest absolute Gasteiger partial charge is 0.310 e. The molecule has 5 heteroatoms. The lowest BCUT2D eigenvalue weighted by Gasteiger charge is -2.10. The van der Waals surface area contributed by atoms with Crippen molar-refractivity contribution in [3.8, 4) is 5.75 Å². The Morgan fingerprint density at radius 2 is 2.31 bits per heavy atom. The standard InChI is InChI=1S/C11H13NO4/c1-3-10(15)16-11-7(2)12-4-8(5-13)9(11)6-14/h4,6,13H,3,5H2,1-2H3. The molecule has 16 heavy (non-hydrogen) atoms. The molecule has 86 valence electrons. The number of hydrogen-bond acceptors (Lipinski definition) is 5. The zero-order valence-corrected chi connectivity index (χ0v) is 9.19. The van der Waals surface area contributed by atoms with Crippen LogP contribution in [-0.2, 0) is 11.4 Å². The first-order valence-corrected chi connectivity index (χ1v) is 4.89. The number of aryl methyl sites for hydroxylation is 1. The minimum Gasteiger partial charge on any atom is -0.424 e. The maximum absolute atomic E-state index is 11.2. The highest BCUT2D eigenvalue weighted by atomic mass is 16.5. The molecule has 0 aromatic carbocycles. The molecule has 0 unspecified atom stereocenters. The van der Waals surface area contributed by atoms with Gasteiger partial charge in [-0.25, -0.2) is 0 Å². The van der Waals surface area contributed by atoms with Crippen molar-refractivity contribution in [2.24, 2.45) is 0 Å². The molecule has 1 aromatic rings. The third-order valence-electron chi connectivity index (χ3n) is 2.13. The summed E-state index contributed by atoms with van der Waals surface area (Å²) < 4.78 is 5.02. The number of aliphatic hydroxyl groups is 1. The van der Waals surface area contributed by atoms with E-state index in [1.54, 1.807) is 13.8 Å². The van der Waals surface area contributed by atoms with E-state index in [0.717, 1.165) is 0 Å². The molecule has 1 N–H and O–H groups in total. The quantitative estimate of drug-likeness (QED) is 0.609. The largest absolute Gasteiger partial charge is 0.424 e. The molecule has 0 bridgehead atoms. The molecule has 0 aliphatic heterocycles. The van der Waals surface area contributed by atoms with Gasteiger partial charge in [-0.2, -0.15) is 0 Å². The van der Waals surface area contributed by atoms with E-state index < -0.39 is 5.97 Å². The lowest BCUT2D eigenvalue weighted by molar-refractivity contribution is -0.134. The lowest BCUT2D eigenvalue weighted by atomic mass is 10.1. The van der Waals surface area contributed by atoms with Crippen molar-refractivity contribution in [2.45, 2.75) is 26.9 Å². The number of ether oxygens (including phenoxy) is 1. The number of rotatable bonds is 4. The molecule has 0 aliphatic carbocycles. The predicted octanol–water partition coefficient (Wildman–Crippen LogP) is 1.01. The number of carbonyl (C=O) groups is 2. The van der Waals surface area contributed by atoms with Gasteiger partial charge in [0.2, 0.25) is 0 Å². The van der Waals surface area contributed by atoms with E-state index in [1.807, 2.05) is 0 Å². The molecule has 1 rings (SSSR count). The second-order valence-electron chi connectivity index (χ2n) is 3.22. The van der Waals surface area contributed by atoms with Gasteiger partial charge < -0.3 is 9.84 Å². The Kier molecular flexibility index (Phi) is 4.13. The number of pyridine rings is 1. The van der Waals surface area contributed by atoms with Crippen LogP contribution >= 0.6 is 0 Å². The van der Waals surface area contributed by atoms with Crippen molar-refractivity contribution < 1.29 is 19.4 Å². The SMILES string of the molecule is CCC(=O)Oc1c(C)ncc(CO)c1C=O.